The Bertz CT molecular complexity index is 639. The monoisotopic (exact) mass is 337 g/mol. The molecule has 1 N–H and O–H groups in total. The fourth-order valence-electron chi connectivity index (χ4n) is 1.90. The summed E-state index contributed by atoms with van der Waals surface area (Å²) < 4.78 is 5.62. The number of thiocarbonyl (C=S) groups is 1. The lowest BCUT2D eigenvalue weighted by molar-refractivity contribution is -0.144. The van der Waals surface area contributed by atoms with Crippen molar-refractivity contribution in [2.45, 2.75) is 19.9 Å². The Morgan fingerprint density at radius 1 is 1.45 bits per heavy atom. The van der Waals surface area contributed by atoms with E-state index in [9.17, 15) is 9.59 Å². The number of carbonyl (C=O) groups is 2. The van der Waals surface area contributed by atoms with Crippen LogP contribution in [0.3, 0.4) is 0 Å². The van der Waals surface area contributed by atoms with Crippen molar-refractivity contribution in [2.24, 2.45) is 0 Å². The first-order valence-electron chi connectivity index (χ1n) is 6.66. The molecule has 5 nitrogen and oxygen atoms in total. The number of hydrogen-bond donors (Lipinski definition) is 1. The summed E-state index contributed by atoms with van der Waals surface area (Å²) >= 11 is 6.22. The Kier molecular flexibility index (Phi) is 5.20. The van der Waals surface area contributed by atoms with Crippen LogP contribution in [-0.2, 0) is 9.59 Å². The maximum absolute atomic E-state index is 12.3. The summed E-state index contributed by atoms with van der Waals surface area (Å²) in [5, 5.41) is 9.04. The van der Waals surface area contributed by atoms with Gasteiger partial charge in [0.05, 0.1) is 11.5 Å². The number of carboxylic acids is 1. The molecule has 0 aromatic heterocycles. The van der Waals surface area contributed by atoms with E-state index in [-0.39, 0.29) is 10.2 Å². The lowest BCUT2D eigenvalue weighted by Crippen LogP contribution is -2.41. The number of ether oxygens (including phenoxy) is 1. The van der Waals surface area contributed by atoms with Crippen LogP contribution >= 0.6 is 24.0 Å². The minimum absolute atomic E-state index is 0.261. The first-order chi connectivity index (χ1) is 10.4. The van der Waals surface area contributed by atoms with Gasteiger partial charge >= 0.3 is 5.97 Å². The van der Waals surface area contributed by atoms with E-state index in [4.69, 9.17) is 22.1 Å². The highest BCUT2D eigenvalue weighted by Crippen LogP contribution is 2.34. The van der Waals surface area contributed by atoms with Gasteiger partial charge in [-0.05, 0) is 37.6 Å². The zero-order valence-corrected chi connectivity index (χ0v) is 13.7. The van der Waals surface area contributed by atoms with Gasteiger partial charge in [0, 0.05) is 0 Å². The van der Waals surface area contributed by atoms with E-state index in [1.807, 2.05) is 31.2 Å². The molecule has 0 bridgehead atoms. The third-order valence-corrected chi connectivity index (χ3v) is 4.39. The maximum atomic E-state index is 12.3. The molecule has 1 unspecified atom stereocenters. The number of nitrogens with zero attached hydrogens (tertiary/aromatic N) is 1. The molecule has 116 valence electrons. The van der Waals surface area contributed by atoms with Crippen molar-refractivity contribution in [1.82, 2.24) is 4.90 Å². The van der Waals surface area contributed by atoms with Gasteiger partial charge < -0.3 is 9.84 Å². The molecular weight excluding hydrogens is 322 g/mol. The van der Waals surface area contributed by atoms with Crippen LogP contribution in [0.4, 0.5) is 0 Å². The predicted octanol–water partition coefficient (Wildman–Crippen LogP) is 2.76. The minimum Gasteiger partial charge on any atom is -0.494 e. The summed E-state index contributed by atoms with van der Waals surface area (Å²) in [4.78, 5) is 24.9. The Morgan fingerprint density at radius 3 is 2.64 bits per heavy atom. The van der Waals surface area contributed by atoms with E-state index >= 15 is 0 Å². The molecule has 7 heteroatoms. The number of amides is 1. The number of carbonyl (C=O) groups excluding carboxylic acids is 1. The van der Waals surface area contributed by atoms with Crippen molar-refractivity contribution in [3.05, 3.63) is 34.7 Å². The Morgan fingerprint density at radius 2 is 2.09 bits per heavy atom. The number of rotatable bonds is 5. The smallest absolute Gasteiger partial charge is 0.326 e. The van der Waals surface area contributed by atoms with Gasteiger partial charge in [-0.2, -0.15) is 0 Å². The molecular formula is C15H15NO4S2. The molecule has 1 atom stereocenters. The summed E-state index contributed by atoms with van der Waals surface area (Å²) in [5.74, 6) is -0.705. The van der Waals surface area contributed by atoms with E-state index < -0.39 is 12.0 Å². The van der Waals surface area contributed by atoms with E-state index in [1.54, 1.807) is 6.08 Å². The fourth-order valence-corrected chi connectivity index (χ4v) is 3.32. The third-order valence-electron chi connectivity index (χ3n) is 3.06. The van der Waals surface area contributed by atoms with Crippen LogP contribution < -0.4 is 4.74 Å². The van der Waals surface area contributed by atoms with Gasteiger partial charge in [-0.3, -0.25) is 9.69 Å². The zero-order chi connectivity index (χ0) is 16.3. The third kappa shape index (κ3) is 3.48. The van der Waals surface area contributed by atoms with E-state index in [2.05, 4.69) is 0 Å². The second-order valence-electron chi connectivity index (χ2n) is 4.57. The number of carboxylic acid groups (broad SMARTS) is 1. The predicted molar refractivity (Wildman–Crippen MR) is 89.7 cm³/mol. The molecule has 1 aliphatic rings. The Labute approximate surface area is 137 Å². The molecule has 1 fully saturated rings. The maximum Gasteiger partial charge on any atom is 0.326 e. The largest absolute Gasteiger partial charge is 0.494 e. The molecule has 0 spiro atoms. The van der Waals surface area contributed by atoms with Crippen LogP contribution in [0.1, 0.15) is 19.4 Å². The molecule has 1 saturated heterocycles. The number of thioether (sulfide) groups is 1. The fraction of sp³-hybridized carbons (Fsp3) is 0.267. The van der Waals surface area contributed by atoms with E-state index in [0.717, 1.165) is 28.0 Å². The van der Waals surface area contributed by atoms with Crippen LogP contribution in [0, 0.1) is 0 Å². The van der Waals surface area contributed by atoms with Gasteiger partial charge in [-0.1, -0.05) is 36.1 Å². The normalized spacial score (nSPS) is 17.9. The van der Waals surface area contributed by atoms with Gasteiger partial charge in [-0.25, -0.2) is 4.79 Å². The van der Waals surface area contributed by atoms with Crippen molar-refractivity contribution in [2.75, 3.05) is 6.61 Å². The van der Waals surface area contributed by atoms with Crippen molar-refractivity contribution < 1.29 is 19.4 Å². The van der Waals surface area contributed by atoms with E-state index in [0.29, 0.717) is 11.5 Å². The van der Waals surface area contributed by atoms with Crippen LogP contribution in [0.5, 0.6) is 5.75 Å². The molecule has 0 saturated carbocycles. The standard InChI is InChI=1S/C15H15NO4S2/c1-3-20-11-6-4-10(5-7-11)8-12-13(17)16(15(21)22-12)9(2)14(18)19/h4-9H,3H2,1-2H3,(H,18,19)/b12-8-. The van der Waals surface area contributed by atoms with Crippen LogP contribution in [0.2, 0.25) is 0 Å². The highest BCUT2D eigenvalue weighted by molar-refractivity contribution is 8.26. The molecule has 22 heavy (non-hydrogen) atoms. The second-order valence-corrected chi connectivity index (χ2v) is 6.24. The molecule has 1 heterocycles. The SMILES string of the molecule is CCOc1ccc(/C=C2\SC(=S)N(C(C)C(=O)O)C2=O)cc1. The summed E-state index contributed by atoms with van der Waals surface area (Å²) in [6.45, 7) is 3.93. The van der Waals surface area contributed by atoms with Crippen LogP contribution in [0.15, 0.2) is 29.2 Å². The number of benzene rings is 1. The summed E-state index contributed by atoms with van der Waals surface area (Å²) in [6.07, 6.45) is 1.70. The minimum atomic E-state index is -1.08. The van der Waals surface area contributed by atoms with Crippen molar-refractivity contribution >= 4 is 46.3 Å². The van der Waals surface area contributed by atoms with E-state index in [1.165, 1.54) is 6.92 Å². The quantitative estimate of drug-likeness (QED) is 0.658. The lowest BCUT2D eigenvalue weighted by atomic mass is 10.2. The molecule has 0 radical (unpaired) electrons. The van der Waals surface area contributed by atoms with Gasteiger partial charge in [0.2, 0.25) is 0 Å². The highest BCUT2D eigenvalue weighted by atomic mass is 32.2. The van der Waals surface area contributed by atoms with Crippen LogP contribution in [0.25, 0.3) is 6.08 Å². The summed E-state index contributed by atoms with van der Waals surface area (Å²) in [7, 11) is 0. The molecule has 1 amide bonds. The first kappa shape index (κ1) is 16.5. The Hall–Kier alpha value is -1.86. The first-order valence-corrected chi connectivity index (χ1v) is 7.89. The second kappa shape index (κ2) is 6.93. The number of hydrogen-bond acceptors (Lipinski definition) is 5. The lowest BCUT2D eigenvalue weighted by Gasteiger charge is -2.18. The van der Waals surface area contributed by atoms with Crippen LogP contribution in [-0.4, -0.2) is 38.9 Å². The molecule has 1 aromatic rings. The zero-order valence-electron chi connectivity index (χ0n) is 12.1. The average molecular weight is 337 g/mol. The van der Waals surface area contributed by atoms with Gasteiger partial charge in [0.15, 0.2) is 0 Å². The molecule has 1 aromatic carbocycles. The summed E-state index contributed by atoms with van der Waals surface area (Å²) in [6, 6.07) is 6.32. The molecule has 1 aliphatic heterocycles. The molecule has 2 rings (SSSR count). The highest BCUT2D eigenvalue weighted by Gasteiger charge is 2.38. The van der Waals surface area contributed by atoms with Gasteiger partial charge in [-0.15, -0.1) is 0 Å². The Balaban J connectivity index is 2.21. The van der Waals surface area contributed by atoms with Crippen molar-refractivity contribution in [3.8, 4) is 5.75 Å². The average Bonchev–Trinajstić information content (AvgIpc) is 2.75. The molecule has 0 aliphatic carbocycles. The topological polar surface area (TPSA) is 66.8 Å². The van der Waals surface area contributed by atoms with Crippen molar-refractivity contribution in [1.29, 1.82) is 0 Å². The summed E-state index contributed by atoms with van der Waals surface area (Å²) in [5.41, 5.74) is 0.826. The van der Waals surface area contributed by atoms with Crippen molar-refractivity contribution in [3.63, 3.8) is 0 Å². The van der Waals surface area contributed by atoms with Gasteiger partial charge in [0.25, 0.3) is 5.91 Å². The van der Waals surface area contributed by atoms with Gasteiger partial charge in [0.1, 0.15) is 16.1 Å². The number of aliphatic carboxylic acids is 1.